The Morgan fingerprint density at radius 2 is 1.32 bits per heavy atom. The molecule has 0 spiro atoms. The number of benzene rings is 2. The van der Waals surface area contributed by atoms with Crippen LogP contribution in [0, 0.1) is 0 Å². The number of pyridine rings is 1. The van der Waals surface area contributed by atoms with Crippen LogP contribution in [0.25, 0.3) is 27.9 Å². The van der Waals surface area contributed by atoms with Crippen LogP contribution in [-0.2, 0) is 0 Å². The van der Waals surface area contributed by atoms with Gasteiger partial charge in [0.05, 0.1) is 11.2 Å². The molecule has 0 fully saturated rings. The molecule has 2 nitrogen and oxygen atoms in total. The topological polar surface area (TPSA) is 17.3 Å². The summed E-state index contributed by atoms with van der Waals surface area (Å²) in [6.45, 7) is 0. The molecular formula is C19H13ClN2. The Kier molecular flexibility index (Phi) is 3.17. The van der Waals surface area contributed by atoms with Gasteiger partial charge < -0.3 is 0 Å². The van der Waals surface area contributed by atoms with Crippen molar-refractivity contribution in [1.82, 2.24) is 9.38 Å². The summed E-state index contributed by atoms with van der Waals surface area (Å²) in [6, 6.07) is 24.7. The average Bonchev–Trinajstić information content (AvgIpc) is 2.93. The Bertz CT molecular complexity index is 925. The lowest BCUT2D eigenvalue weighted by molar-refractivity contribution is 1.15. The largest absolute Gasteiger partial charge is 0.290 e. The number of halogens is 1. The van der Waals surface area contributed by atoms with Gasteiger partial charge >= 0.3 is 0 Å². The van der Waals surface area contributed by atoms with E-state index < -0.39 is 0 Å². The van der Waals surface area contributed by atoms with Crippen LogP contribution in [0.15, 0.2) is 79.0 Å². The fourth-order valence-electron chi connectivity index (χ4n) is 2.66. The van der Waals surface area contributed by atoms with Crippen LogP contribution in [0.4, 0.5) is 0 Å². The quantitative estimate of drug-likeness (QED) is 0.490. The molecule has 0 unspecified atom stereocenters. The van der Waals surface area contributed by atoms with Crippen LogP contribution in [-0.4, -0.2) is 9.38 Å². The van der Waals surface area contributed by atoms with Gasteiger partial charge in [-0.25, -0.2) is 4.98 Å². The molecule has 0 amide bonds. The molecule has 106 valence electrons. The minimum atomic E-state index is 0.484. The second-order valence-corrected chi connectivity index (χ2v) is 5.47. The Morgan fingerprint density at radius 1 is 0.682 bits per heavy atom. The molecule has 2 aromatic carbocycles. The Balaban J connectivity index is 1.80. The third-order valence-corrected chi connectivity index (χ3v) is 4.04. The van der Waals surface area contributed by atoms with E-state index in [0.717, 1.165) is 16.8 Å². The van der Waals surface area contributed by atoms with Gasteiger partial charge in [0.1, 0.15) is 0 Å². The maximum Gasteiger partial charge on any atom is 0.207 e. The van der Waals surface area contributed by atoms with Gasteiger partial charge in [-0.3, -0.25) is 4.40 Å². The van der Waals surface area contributed by atoms with Crippen molar-refractivity contribution in [3.05, 3.63) is 84.3 Å². The molecule has 2 heterocycles. The first-order valence-electron chi connectivity index (χ1n) is 7.11. The van der Waals surface area contributed by atoms with Crippen LogP contribution < -0.4 is 0 Å². The Hall–Kier alpha value is -2.58. The third-order valence-electron chi connectivity index (χ3n) is 3.77. The molecule has 22 heavy (non-hydrogen) atoms. The smallest absolute Gasteiger partial charge is 0.207 e. The van der Waals surface area contributed by atoms with Crippen molar-refractivity contribution < 1.29 is 0 Å². The van der Waals surface area contributed by atoms with Crippen molar-refractivity contribution in [3.63, 3.8) is 0 Å². The lowest BCUT2D eigenvalue weighted by Crippen LogP contribution is -1.83. The molecule has 0 N–H and O–H groups in total. The first kappa shape index (κ1) is 13.1. The van der Waals surface area contributed by atoms with Crippen LogP contribution in [0.5, 0.6) is 0 Å². The molecular weight excluding hydrogens is 292 g/mol. The second-order valence-electron chi connectivity index (χ2n) is 5.13. The molecule has 0 aliphatic rings. The highest BCUT2D eigenvalue weighted by Gasteiger charge is 2.10. The van der Waals surface area contributed by atoms with Gasteiger partial charge in [0, 0.05) is 11.8 Å². The molecule has 4 rings (SSSR count). The van der Waals surface area contributed by atoms with E-state index in [2.05, 4.69) is 41.4 Å². The van der Waals surface area contributed by atoms with Crippen LogP contribution in [0.3, 0.4) is 0 Å². The second kappa shape index (κ2) is 5.32. The zero-order valence-corrected chi connectivity index (χ0v) is 12.5. The van der Waals surface area contributed by atoms with E-state index in [4.69, 9.17) is 11.6 Å². The van der Waals surface area contributed by atoms with Crippen molar-refractivity contribution in [2.45, 2.75) is 0 Å². The van der Waals surface area contributed by atoms with Gasteiger partial charge in [0.15, 0.2) is 0 Å². The summed E-state index contributed by atoms with van der Waals surface area (Å²) in [6.07, 6.45) is 1.92. The summed E-state index contributed by atoms with van der Waals surface area (Å²) in [7, 11) is 0. The Morgan fingerprint density at radius 3 is 2.09 bits per heavy atom. The van der Waals surface area contributed by atoms with Crippen molar-refractivity contribution in [3.8, 4) is 22.4 Å². The molecule has 0 atom stereocenters. The molecule has 0 saturated carbocycles. The minimum absolute atomic E-state index is 0.484. The summed E-state index contributed by atoms with van der Waals surface area (Å²) in [5, 5.41) is 0.484. The maximum absolute atomic E-state index is 6.21. The van der Waals surface area contributed by atoms with E-state index in [9.17, 15) is 0 Å². The van der Waals surface area contributed by atoms with E-state index in [1.54, 1.807) is 0 Å². The molecule has 0 aliphatic heterocycles. The summed E-state index contributed by atoms with van der Waals surface area (Å²) in [5.41, 5.74) is 5.39. The van der Waals surface area contributed by atoms with Crippen LogP contribution in [0.2, 0.25) is 5.28 Å². The normalized spacial score (nSPS) is 11.0. The highest BCUT2D eigenvalue weighted by atomic mass is 35.5. The van der Waals surface area contributed by atoms with Gasteiger partial charge in [-0.15, -0.1) is 0 Å². The lowest BCUT2D eigenvalue weighted by atomic mass is 10.0. The number of imidazole rings is 1. The fourth-order valence-corrected chi connectivity index (χ4v) is 2.90. The van der Waals surface area contributed by atoms with E-state index in [1.807, 2.05) is 47.0 Å². The van der Waals surface area contributed by atoms with Gasteiger partial charge in [-0.05, 0) is 34.9 Å². The zero-order chi connectivity index (χ0) is 14.9. The number of hydrogen-bond donors (Lipinski definition) is 0. The van der Waals surface area contributed by atoms with Crippen molar-refractivity contribution in [1.29, 1.82) is 0 Å². The number of nitrogens with zero attached hydrogens (tertiary/aromatic N) is 2. The summed E-state index contributed by atoms with van der Waals surface area (Å²) in [4.78, 5) is 4.49. The lowest BCUT2D eigenvalue weighted by Gasteiger charge is -2.03. The molecule has 3 heteroatoms. The minimum Gasteiger partial charge on any atom is -0.290 e. The zero-order valence-electron chi connectivity index (χ0n) is 11.8. The molecule has 0 bridgehead atoms. The summed E-state index contributed by atoms with van der Waals surface area (Å²) in [5.74, 6) is 0. The van der Waals surface area contributed by atoms with E-state index in [-0.39, 0.29) is 0 Å². The Labute approximate surface area is 133 Å². The first-order chi connectivity index (χ1) is 10.8. The van der Waals surface area contributed by atoms with Gasteiger partial charge in [-0.1, -0.05) is 60.7 Å². The predicted molar refractivity (Wildman–Crippen MR) is 91.1 cm³/mol. The van der Waals surface area contributed by atoms with Crippen molar-refractivity contribution >= 4 is 17.1 Å². The monoisotopic (exact) mass is 304 g/mol. The fraction of sp³-hybridized carbons (Fsp3) is 0. The van der Waals surface area contributed by atoms with Gasteiger partial charge in [0.2, 0.25) is 5.28 Å². The number of hydrogen-bond acceptors (Lipinski definition) is 1. The summed E-state index contributed by atoms with van der Waals surface area (Å²) < 4.78 is 1.89. The molecule has 0 radical (unpaired) electrons. The highest BCUT2D eigenvalue weighted by molar-refractivity contribution is 6.29. The molecule has 2 aromatic heterocycles. The van der Waals surface area contributed by atoms with E-state index in [1.165, 1.54) is 11.1 Å². The average molecular weight is 305 g/mol. The van der Waals surface area contributed by atoms with E-state index in [0.29, 0.717) is 5.28 Å². The predicted octanol–water partition coefficient (Wildman–Crippen LogP) is 5.32. The van der Waals surface area contributed by atoms with Gasteiger partial charge in [0.25, 0.3) is 0 Å². The number of aromatic nitrogens is 2. The van der Waals surface area contributed by atoms with Crippen LogP contribution >= 0.6 is 11.6 Å². The molecule has 4 aromatic rings. The van der Waals surface area contributed by atoms with Crippen LogP contribution in [0.1, 0.15) is 0 Å². The number of fused-ring (bicyclic) bond motifs is 1. The van der Waals surface area contributed by atoms with Crippen molar-refractivity contribution in [2.24, 2.45) is 0 Å². The van der Waals surface area contributed by atoms with Gasteiger partial charge in [-0.2, -0.15) is 0 Å². The summed E-state index contributed by atoms with van der Waals surface area (Å²) >= 11 is 6.21. The molecule has 0 saturated heterocycles. The molecule has 0 aliphatic carbocycles. The SMILES string of the molecule is Clc1nc(-c2ccc(-c3ccccc3)cc2)c2ccccn12. The first-order valence-corrected chi connectivity index (χ1v) is 7.49. The maximum atomic E-state index is 6.21. The van der Waals surface area contributed by atoms with E-state index >= 15 is 0 Å². The number of rotatable bonds is 2. The third kappa shape index (κ3) is 2.18. The van der Waals surface area contributed by atoms with Crippen molar-refractivity contribution in [2.75, 3.05) is 0 Å². The highest BCUT2D eigenvalue weighted by Crippen LogP contribution is 2.29. The standard InChI is InChI=1S/C19H13ClN2/c20-19-21-18(17-8-4-5-13-22(17)19)16-11-9-15(10-12-16)14-6-2-1-3-7-14/h1-13H.